The summed E-state index contributed by atoms with van der Waals surface area (Å²) in [4.78, 5) is 21.4. The van der Waals surface area contributed by atoms with Gasteiger partial charge < -0.3 is 10.4 Å². The van der Waals surface area contributed by atoms with E-state index in [-0.39, 0.29) is 12.3 Å². The molecule has 15 heavy (non-hydrogen) atoms. The number of carboxylic acids is 1. The normalized spacial score (nSPS) is 12.1. The van der Waals surface area contributed by atoms with E-state index in [0.717, 1.165) is 12.8 Å². The van der Waals surface area contributed by atoms with Crippen LogP contribution in [0.1, 0.15) is 46.0 Å². The van der Waals surface area contributed by atoms with Crippen molar-refractivity contribution in [2.24, 2.45) is 5.92 Å². The molecule has 1 atom stereocenters. The number of nitrogens with one attached hydrogen (secondary N) is 1. The van der Waals surface area contributed by atoms with Crippen molar-refractivity contribution in [2.75, 3.05) is 6.54 Å². The lowest BCUT2D eigenvalue weighted by Gasteiger charge is -2.10. The van der Waals surface area contributed by atoms with Crippen molar-refractivity contribution in [1.29, 1.82) is 0 Å². The number of hydrogen-bond acceptors (Lipinski definition) is 2. The highest BCUT2D eigenvalue weighted by Gasteiger charge is 2.06. The standard InChI is InChI=1S/C11H21NO3/c1-3-4-10(13)12-8-7-9(2)5-6-11(14)15/h9H,3-8H2,1-2H3,(H,12,13)(H,14,15). The van der Waals surface area contributed by atoms with E-state index in [1.807, 2.05) is 13.8 Å². The minimum atomic E-state index is -0.753. The quantitative estimate of drug-likeness (QED) is 0.648. The van der Waals surface area contributed by atoms with Gasteiger partial charge in [0.2, 0.25) is 5.91 Å². The lowest BCUT2D eigenvalue weighted by molar-refractivity contribution is -0.137. The van der Waals surface area contributed by atoms with Crippen LogP contribution in [-0.2, 0) is 9.59 Å². The monoisotopic (exact) mass is 215 g/mol. The summed E-state index contributed by atoms with van der Waals surface area (Å²) < 4.78 is 0. The Labute approximate surface area is 91.1 Å². The van der Waals surface area contributed by atoms with E-state index in [1.165, 1.54) is 0 Å². The summed E-state index contributed by atoms with van der Waals surface area (Å²) in [6, 6.07) is 0. The third-order valence-corrected chi connectivity index (χ3v) is 2.29. The van der Waals surface area contributed by atoms with Crippen LogP contribution in [0.5, 0.6) is 0 Å². The molecule has 88 valence electrons. The van der Waals surface area contributed by atoms with E-state index in [0.29, 0.717) is 25.3 Å². The first-order valence-electron chi connectivity index (χ1n) is 5.54. The maximum Gasteiger partial charge on any atom is 0.303 e. The Morgan fingerprint density at radius 1 is 1.27 bits per heavy atom. The average Bonchev–Trinajstić information content (AvgIpc) is 2.15. The fraction of sp³-hybridized carbons (Fsp3) is 0.818. The van der Waals surface area contributed by atoms with E-state index in [4.69, 9.17) is 5.11 Å². The predicted molar refractivity (Wildman–Crippen MR) is 58.6 cm³/mol. The number of amides is 1. The van der Waals surface area contributed by atoms with Crippen molar-refractivity contribution in [3.05, 3.63) is 0 Å². The number of aliphatic carboxylic acids is 1. The molecule has 1 amide bonds. The van der Waals surface area contributed by atoms with E-state index in [2.05, 4.69) is 5.32 Å². The van der Waals surface area contributed by atoms with Crippen LogP contribution in [0.3, 0.4) is 0 Å². The van der Waals surface area contributed by atoms with E-state index in [9.17, 15) is 9.59 Å². The molecule has 0 aromatic heterocycles. The molecule has 0 aliphatic heterocycles. The van der Waals surface area contributed by atoms with Gasteiger partial charge in [0.05, 0.1) is 0 Å². The summed E-state index contributed by atoms with van der Waals surface area (Å²) in [6.07, 6.45) is 3.18. The molecule has 0 fully saturated rings. The second-order valence-corrected chi connectivity index (χ2v) is 3.93. The van der Waals surface area contributed by atoms with Gasteiger partial charge in [-0.1, -0.05) is 13.8 Å². The van der Waals surface area contributed by atoms with Crippen LogP contribution in [0, 0.1) is 5.92 Å². The first-order valence-corrected chi connectivity index (χ1v) is 5.54. The third-order valence-electron chi connectivity index (χ3n) is 2.29. The number of hydrogen-bond donors (Lipinski definition) is 2. The number of carbonyl (C=O) groups is 2. The molecular weight excluding hydrogens is 194 g/mol. The van der Waals surface area contributed by atoms with Crippen LogP contribution >= 0.6 is 0 Å². The molecule has 0 saturated carbocycles. The van der Waals surface area contributed by atoms with Crippen LogP contribution in [0.25, 0.3) is 0 Å². The Balaban J connectivity index is 3.41. The van der Waals surface area contributed by atoms with Gasteiger partial charge in [0, 0.05) is 19.4 Å². The summed E-state index contributed by atoms with van der Waals surface area (Å²) in [5.74, 6) is -0.317. The number of rotatable bonds is 8. The summed E-state index contributed by atoms with van der Waals surface area (Å²) in [6.45, 7) is 4.63. The van der Waals surface area contributed by atoms with Crippen LogP contribution < -0.4 is 5.32 Å². The van der Waals surface area contributed by atoms with Gasteiger partial charge in [-0.2, -0.15) is 0 Å². The van der Waals surface area contributed by atoms with Crippen molar-refractivity contribution >= 4 is 11.9 Å². The van der Waals surface area contributed by atoms with Crippen LogP contribution in [0.15, 0.2) is 0 Å². The minimum Gasteiger partial charge on any atom is -0.481 e. The third kappa shape index (κ3) is 9.25. The maximum atomic E-state index is 11.1. The second-order valence-electron chi connectivity index (χ2n) is 3.93. The minimum absolute atomic E-state index is 0.0861. The van der Waals surface area contributed by atoms with Crippen molar-refractivity contribution in [1.82, 2.24) is 5.32 Å². The Hall–Kier alpha value is -1.06. The zero-order valence-electron chi connectivity index (χ0n) is 9.58. The topological polar surface area (TPSA) is 66.4 Å². The Kier molecular flexibility index (Phi) is 7.68. The molecule has 0 aromatic rings. The van der Waals surface area contributed by atoms with E-state index in [1.54, 1.807) is 0 Å². The van der Waals surface area contributed by atoms with Crippen molar-refractivity contribution < 1.29 is 14.7 Å². The zero-order chi connectivity index (χ0) is 11.7. The molecular formula is C11H21NO3. The summed E-state index contributed by atoms with van der Waals surface area (Å²) in [5.41, 5.74) is 0. The molecule has 4 heteroatoms. The molecule has 0 spiro atoms. The van der Waals surface area contributed by atoms with Gasteiger partial charge in [-0.05, 0) is 25.2 Å². The largest absolute Gasteiger partial charge is 0.481 e. The van der Waals surface area contributed by atoms with Crippen LogP contribution in [0.2, 0.25) is 0 Å². The molecule has 0 bridgehead atoms. The Bertz CT molecular complexity index is 204. The van der Waals surface area contributed by atoms with Gasteiger partial charge in [0.15, 0.2) is 0 Å². The highest BCUT2D eigenvalue weighted by molar-refractivity contribution is 5.75. The lowest BCUT2D eigenvalue weighted by Crippen LogP contribution is -2.25. The molecule has 0 aliphatic carbocycles. The van der Waals surface area contributed by atoms with Gasteiger partial charge >= 0.3 is 5.97 Å². The maximum absolute atomic E-state index is 11.1. The van der Waals surface area contributed by atoms with Gasteiger partial charge in [0.1, 0.15) is 0 Å². The van der Waals surface area contributed by atoms with E-state index < -0.39 is 5.97 Å². The lowest BCUT2D eigenvalue weighted by atomic mass is 10.0. The van der Waals surface area contributed by atoms with Gasteiger partial charge in [-0.25, -0.2) is 0 Å². The first-order chi connectivity index (χ1) is 7.06. The predicted octanol–water partition coefficient (Wildman–Crippen LogP) is 1.79. The molecule has 4 nitrogen and oxygen atoms in total. The molecule has 1 unspecified atom stereocenters. The average molecular weight is 215 g/mol. The zero-order valence-corrected chi connectivity index (χ0v) is 9.58. The SMILES string of the molecule is CCCC(=O)NCCC(C)CCC(=O)O. The van der Waals surface area contributed by atoms with Crippen molar-refractivity contribution in [2.45, 2.75) is 46.0 Å². The molecule has 0 saturated heterocycles. The summed E-state index contributed by atoms with van der Waals surface area (Å²) in [5, 5.41) is 11.3. The van der Waals surface area contributed by atoms with E-state index >= 15 is 0 Å². The molecule has 0 radical (unpaired) electrons. The summed E-state index contributed by atoms with van der Waals surface area (Å²) in [7, 11) is 0. The van der Waals surface area contributed by atoms with Crippen LogP contribution in [-0.4, -0.2) is 23.5 Å². The fourth-order valence-corrected chi connectivity index (χ4v) is 1.29. The smallest absolute Gasteiger partial charge is 0.303 e. The second kappa shape index (κ2) is 8.26. The molecule has 2 N–H and O–H groups in total. The van der Waals surface area contributed by atoms with Crippen molar-refractivity contribution in [3.63, 3.8) is 0 Å². The Morgan fingerprint density at radius 2 is 1.93 bits per heavy atom. The molecule has 0 rings (SSSR count). The highest BCUT2D eigenvalue weighted by Crippen LogP contribution is 2.09. The number of carboxylic acid groups (broad SMARTS) is 1. The van der Waals surface area contributed by atoms with Gasteiger partial charge in [0.25, 0.3) is 0 Å². The Morgan fingerprint density at radius 3 is 2.47 bits per heavy atom. The van der Waals surface area contributed by atoms with Gasteiger partial charge in [-0.3, -0.25) is 9.59 Å². The first kappa shape index (κ1) is 13.9. The van der Waals surface area contributed by atoms with Crippen molar-refractivity contribution in [3.8, 4) is 0 Å². The number of carbonyl (C=O) groups excluding carboxylic acids is 1. The van der Waals surface area contributed by atoms with Gasteiger partial charge in [-0.15, -0.1) is 0 Å². The summed E-state index contributed by atoms with van der Waals surface area (Å²) >= 11 is 0. The van der Waals surface area contributed by atoms with Crippen LogP contribution in [0.4, 0.5) is 0 Å². The fourth-order valence-electron chi connectivity index (χ4n) is 1.29. The molecule has 0 heterocycles. The highest BCUT2D eigenvalue weighted by atomic mass is 16.4. The molecule has 0 aromatic carbocycles. The molecule has 0 aliphatic rings.